The van der Waals surface area contributed by atoms with Crippen molar-refractivity contribution >= 4 is 0 Å². The number of fused-ring (bicyclic) bond motifs is 1. The first kappa shape index (κ1) is 20.5. The molecule has 1 aliphatic heterocycles. The maximum Gasteiger partial charge on any atom is 0.231 e. The van der Waals surface area contributed by atoms with Crippen LogP contribution in [0.3, 0.4) is 0 Å². The zero-order valence-electron chi connectivity index (χ0n) is 15.7. The molecule has 2 aromatic rings. The Labute approximate surface area is 162 Å². The second kappa shape index (κ2) is 10.4. The van der Waals surface area contributed by atoms with Crippen LogP contribution in [0, 0.1) is 5.92 Å². The van der Waals surface area contributed by atoms with Crippen LogP contribution in [0.1, 0.15) is 50.3 Å². The molecular weight excluding hydrogens is 348 g/mol. The zero-order valence-corrected chi connectivity index (χ0v) is 16.4. The van der Waals surface area contributed by atoms with Crippen molar-refractivity contribution in [1.82, 2.24) is 4.98 Å². The lowest BCUT2D eigenvalue weighted by atomic mass is 9.88. The van der Waals surface area contributed by atoms with Crippen LogP contribution < -0.4 is 27.2 Å². The molecule has 0 amide bonds. The fraction of sp³-hybridized carbons (Fsp3) is 0.476. The van der Waals surface area contributed by atoms with E-state index in [1.807, 2.05) is 18.3 Å². The smallest absolute Gasteiger partial charge is 0.231 e. The van der Waals surface area contributed by atoms with Gasteiger partial charge in [0.15, 0.2) is 11.5 Å². The number of aromatic nitrogens is 1. The summed E-state index contributed by atoms with van der Waals surface area (Å²) in [5, 5.41) is 2.36. The molecular formula is C21H29ClN2O2. The van der Waals surface area contributed by atoms with Crippen molar-refractivity contribution in [3.05, 3.63) is 53.9 Å². The van der Waals surface area contributed by atoms with Crippen LogP contribution in [0.5, 0.6) is 11.5 Å². The van der Waals surface area contributed by atoms with E-state index in [9.17, 15) is 0 Å². The molecule has 1 atom stereocenters. The molecule has 3 rings (SSSR count). The Morgan fingerprint density at radius 3 is 2.65 bits per heavy atom. The highest BCUT2D eigenvalue weighted by atomic mass is 35.5. The SMILES string of the molecule is CC(C)CCC(CC[NH2+]Cc1ccccn1)c1ccc2c(c1)OCO2.[Cl-]. The standard InChI is InChI=1S/C21H28N2O2.ClH/c1-16(2)6-7-17(10-12-22-14-19-5-3-4-11-23-19)18-8-9-20-21(13-18)25-15-24-20;/h3-5,8-9,11,13,16-17,22H,6-7,10,12,14-15H2,1-2H3;1H. The predicted molar refractivity (Wildman–Crippen MR) is 98.7 cm³/mol. The summed E-state index contributed by atoms with van der Waals surface area (Å²) in [6.45, 7) is 6.98. The minimum atomic E-state index is 0. The van der Waals surface area contributed by atoms with E-state index in [4.69, 9.17) is 9.47 Å². The molecule has 0 saturated carbocycles. The lowest BCUT2D eigenvalue weighted by Crippen LogP contribution is -3.00. The molecule has 2 N–H and O–H groups in total. The number of hydrogen-bond donors (Lipinski definition) is 1. The molecule has 0 radical (unpaired) electrons. The number of rotatable bonds is 9. The largest absolute Gasteiger partial charge is 1.00 e. The highest BCUT2D eigenvalue weighted by Crippen LogP contribution is 2.36. The maximum absolute atomic E-state index is 5.56. The van der Waals surface area contributed by atoms with Gasteiger partial charge in [-0.25, -0.2) is 0 Å². The van der Waals surface area contributed by atoms with Crippen LogP contribution in [0.2, 0.25) is 0 Å². The van der Waals surface area contributed by atoms with Gasteiger partial charge in [-0.2, -0.15) is 0 Å². The molecule has 1 aromatic carbocycles. The van der Waals surface area contributed by atoms with Crippen molar-refractivity contribution in [2.45, 2.75) is 45.6 Å². The summed E-state index contributed by atoms with van der Waals surface area (Å²) < 4.78 is 11.0. The molecule has 142 valence electrons. The quantitative estimate of drug-likeness (QED) is 0.648. The van der Waals surface area contributed by atoms with Crippen LogP contribution in [0.15, 0.2) is 42.6 Å². The molecule has 0 saturated heterocycles. The van der Waals surface area contributed by atoms with Gasteiger partial charge in [-0.3, -0.25) is 4.98 Å². The van der Waals surface area contributed by atoms with Crippen LogP contribution in [-0.2, 0) is 6.54 Å². The van der Waals surface area contributed by atoms with E-state index in [-0.39, 0.29) is 12.4 Å². The fourth-order valence-electron chi connectivity index (χ4n) is 3.27. The van der Waals surface area contributed by atoms with E-state index < -0.39 is 0 Å². The number of ether oxygens (including phenoxy) is 2. The Kier molecular flexibility index (Phi) is 8.20. The minimum absolute atomic E-state index is 0. The van der Waals surface area contributed by atoms with Gasteiger partial charge in [0.1, 0.15) is 6.54 Å². The number of pyridine rings is 1. The van der Waals surface area contributed by atoms with Gasteiger partial charge < -0.3 is 27.2 Å². The lowest BCUT2D eigenvalue weighted by Gasteiger charge is -2.18. The Morgan fingerprint density at radius 1 is 1.04 bits per heavy atom. The van der Waals surface area contributed by atoms with Gasteiger partial charge in [-0.15, -0.1) is 0 Å². The number of quaternary nitrogens is 1. The highest BCUT2D eigenvalue weighted by Gasteiger charge is 2.19. The van der Waals surface area contributed by atoms with E-state index in [0.29, 0.717) is 12.7 Å². The Bertz CT molecular complexity index is 664. The van der Waals surface area contributed by atoms with E-state index in [2.05, 4.69) is 48.4 Å². The molecule has 0 spiro atoms. The number of nitrogens with two attached hydrogens (primary N) is 1. The second-order valence-corrected chi connectivity index (χ2v) is 7.17. The molecule has 1 aliphatic rings. The van der Waals surface area contributed by atoms with Gasteiger partial charge in [0.2, 0.25) is 6.79 Å². The third-order valence-corrected chi connectivity index (χ3v) is 4.76. The number of halogens is 1. The van der Waals surface area contributed by atoms with E-state index in [0.717, 1.165) is 36.2 Å². The Hall–Kier alpha value is -1.78. The third kappa shape index (κ3) is 5.89. The molecule has 2 heterocycles. The highest BCUT2D eigenvalue weighted by molar-refractivity contribution is 5.45. The molecule has 0 fully saturated rings. The van der Waals surface area contributed by atoms with Crippen LogP contribution >= 0.6 is 0 Å². The summed E-state index contributed by atoms with van der Waals surface area (Å²) in [7, 11) is 0. The molecule has 1 aromatic heterocycles. The summed E-state index contributed by atoms with van der Waals surface area (Å²) in [6, 6.07) is 12.5. The van der Waals surface area contributed by atoms with Gasteiger partial charge in [0.25, 0.3) is 0 Å². The Morgan fingerprint density at radius 2 is 1.88 bits per heavy atom. The van der Waals surface area contributed by atoms with Crippen molar-refractivity contribution in [2.75, 3.05) is 13.3 Å². The second-order valence-electron chi connectivity index (χ2n) is 7.17. The fourth-order valence-corrected chi connectivity index (χ4v) is 3.27. The van der Waals surface area contributed by atoms with Crippen molar-refractivity contribution in [3.63, 3.8) is 0 Å². The summed E-state index contributed by atoms with van der Waals surface area (Å²) in [5.41, 5.74) is 2.51. The first-order valence-electron chi connectivity index (χ1n) is 9.33. The average Bonchev–Trinajstić information content (AvgIpc) is 3.09. The number of benzene rings is 1. The van der Waals surface area contributed by atoms with Crippen molar-refractivity contribution in [2.24, 2.45) is 5.92 Å². The van der Waals surface area contributed by atoms with E-state index in [1.165, 1.54) is 24.8 Å². The van der Waals surface area contributed by atoms with E-state index >= 15 is 0 Å². The topological polar surface area (TPSA) is 48.0 Å². The molecule has 4 nitrogen and oxygen atoms in total. The van der Waals surface area contributed by atoms with Gasteiger partial charge in [-0.1, -0.05) is 32.4 Å². The summed E-state index contributed by atoms with van der Waals surface area (Å²) in [4.78, 5) is 4.39. The monoisotopic (exact) mass is 376 g/mol. The van der Waals surface area contributed by atoms with Crippen LogP contribution in [-0.4, -0.2) is 18.3 Å². The minimum Gasteiger partial charge on any atom is -1.00 e. The average molecular weight is 377 g/mol. The molecule has 0 aliphatic carbocycles. The van der Waals surface area contributed by atoms with Crippen LogP contribution in [0.4, 0.5) is 0 Å². The number of nitrogens with zero attached hydrogens (tertiary/aromatic N) is 1. The number of hydrogen-bond acceptors (Lipinski definition) is 3. The van der Waals surface area contributed by atoms with Crippen molar-refractivity contribution in [3.8, 4) is 11.5 Å². The van der Waals surface area contributed by atoms with Crippen molar-refractivity contribution < 1.29 is 27.2 Å². The summed E-state index contributed by atoms with van der Waals surface area (Å²) in [6.07, 6.45) is 5.49. The van der Waals surface area contributed by atoms with Gasteiger partial charge >= 0.3 is 0 Å². The first-order valence-corrected chi connectivity index (χ1v) is 9.33. The van der Waals surface area contributed by atoms with Crippen LogP contribution in [0.25, 0.3) is 0 Å². The van der Waals surface area contributed by atoms with Gasteiger partial charge in [-0.05, 0) is 48.1 Å². The van der Waals surface area contributed by atoms with Gasteiger partial charge in [0, 0.05) is 12.6 Å². The zero-order chi connectivity index (χ0) is 17.5. The Balaban J connectivity index is 0.00000243. The normalized spacial score (nSPS) is 13.5. The maximum atomic E-state index is 5.56. The van der Waals surface area contributed by atoms with E-state index in [1.54, 1.807) is 0 Å². The summed E-state index contributed by atoms with van der Waals surface area (Å²) in [5.74, 6) is 3.06. The molecule has 5 heteroatoms. The molecule has 1 unspecified atom stereocenters. The lowest BCUT2D eigenvalue weighted by molar-refractivity contribution is -0.671. The van der Waals surface area contributed by atoms with Gasteiger partial charge in [0.05, 0.1) is 12.2 Å². The van der Waals surface area contributed by atoms with Crippen molar-refractivity contribution in [1.29, 1.82) is 0 Å². The summed E-state index contributed by atoms with van der Waals surface area (Å²) >= 11 is 0. The molecule has 0 bridgehead atoms. The third-order valence-electron chi connectivity index (χ3n) is 4.76. The predicted octanol–water partition coefficient (Wildman–Crippen LogP) is 0.488. The first-order chi connectivity index (χ1) is 12.2. The molecule has 26 heavy (non-hydrogen) atoms.